The van der Waals surface area contributed by atoms with Gasteiger partial charge in [0.25, 0.3) is 0 Å². The van der Waals surface area contributed by atoms with Gasteiger partial charge in [0.15, 0.2) is 0 Å². The van der Waals surface area contributed by atoms with E-state index in [1.807, 2.05) is 0 Å². The van der Waals surface area contributed by atoms with Crippen LogP contribution in [0.5, 0.6) is 5.75 Å². The molecular weight excluding hydrogens is 550 g/mol. The predicted octanol–water partition coefficient (Wildman–Crippen LogP) is 3.43. The second-order valence-corrected chi connectivity index (χ2v) is 10.1. The van der Waals surface area contributed by atoms with Gasteiger partial charge in [-0.15, -0.1) is 0 Å². The number of hydrogen-bond acceptors (Lipinski definition) is 7. The third kappa shape index (κ3) is 3.94. The minimum absolute atomic E-state index is 0.0301. The number of imide groups is 1. The summed E-state index contributed by atoms with van der Waals surface area (Å²) in [6.07, 6.45) is -13.2. The molecule has 3 aliphatic heterocycles. The molecule has 8 nitrogen and oxygen atoms in total. The fourth-order valence-corrected chi connectivity index (χ4v) is 6.03. The molecule has 3 saturated heterocycles. The number of benzene rings is 2. The summed E-state index contributed by atoms with van der Waals surface area (Å²) in [7, 11) is 0. The van der Waals surface area contributed by atoms with Crippen LogP contribution in [0.15, 0.2) is 42.5 Å². The average molecular weight is 570 g/mol. The van der Waals surface area contributed by atoms with Crippen LogP contribution in [-0.4, -0.2) is 52.0 Å². The molecule has 212 valence electrons. The largest absolute Gasteiger partial charge is 0.493 e. The second-order valence-electron chi connectivity index (χ2n) is 10.1. The van der Waals surface area contributed by atoms with Gasteiger partial charge in [0.05, 0.1) is 46.9 Å². The summed E-state index contributed by atoms with van der Waals surface area (Å²) in [5.74, 6) is -4.68. The zero-order valence-electron chi connectivity index (χ0n) is 20.5. The summed E-state index contributed by atoms with van der Waals surface area (Å²) in [6, 6.07) is 7.50. The van der Waals surface area contributed by atoms with E-state index in [0.717, 1.165) is 36.4 Å². The quantitative estimate of drug-likeness (QED) is 0.418. The Morgan fingerprint density at radius 1 is 0.975 bits per heavy atom. The molecular formula is C26H20F6N2O6. The van der Waals surface area contributed by atoms with Crippen molar-refractivity contribution in [1.82, 2.24) is 0 Å². The summed E-state index contributed by atoms with van der Waals surface area (Å²) < 4.78 is 90.6. The molecule has 2 N–H and O–H groups in total. The number of carbonyl (C=O) groups excluding carboxylic acids is 2. The minimum atomic E-state index is -4.96. The van der Waals surface area contributed by atoms with Gasteiger partial charge in [0, 0.05) is 6.42 Å². The van der Waals surface area contributed by atoms with Gasteiger partial charge < -0.3 is 19.7 Å². The number of rotatable bonds is 5. The van der Waals surface area contributed by atoms with Gasteiger partial charge in [-0.1, -0.05) is 0 Å². The maximum absolute atomic E-state index is 13.6. The normalized spacial score (nSPS) is 31.4. The summed E-state index contributed by atoms with van der Waals surface area (Å²) in [5.41, 5.74) is -7.08. The summed E-state index contributed by atoms with van der Waals surface area (Å²) >= 11 is 0. The number of nitriles is 1. The number of aliphatic hydroxyl groups excluding tert-OH is 2. The van der Waals surface area contributed by atoms with Crippen LogP contribution >= 0.6 is 0 Å². The van der Waals surface area contributed by atoms with E-state index in [1.165, 1.54) is 13.0 Å². The third-order valence-corrected chi connectivity index (χ3v) is 7.88. The maximum Gasteiger partial charge on any atom is 0.417 e. The molecule has 5 rings (SSSR count). The Balaban J connectivity index is 1.45. The van der Waals surface area contributed by atoms with Gasteiger partial charge in [-0.2, -0.15) is 31.6 Å². The van der Waals surface area contributed by atoms with E-state index in [9.17, 15) is 46.1 Å². The average Bonchev–Trinajstić information content (AvgIpc) is 3.39. The van der Waals surface area contributed by atoms with Crippen molar-refractivity contribution in [3.05, 3.63) is 59.2 Å². The van der Waals surface area contributed by atoms with Crippen molar-refractivity contribution < 1.29 is 55.6 Å². The van der Waals surface area contributed by atoms with Gasteiger partial charge in [0.1, 0.15) is 29.2 Å². The third-order valence-electron chi connectivity index (χ3n) is 7.88. The molecule has 3 fully saturated rings. The number of halogens is 6. The molecule has 3 aliphatic rings. The zero-order valence-corrected chi connectivity index (χ0v) is 20.5. The summed E-state index contributed by atoms with van der Waals surface area (Å²) in [4.78, 5) is 27.6. The number of amides is 2. The van der Waals surface area contributed by atoms with Crippen LogP contribution in [0.4, 0.5) is 32.0 Å². The van der Waals surface area contributed by atoms with Crippen molar-refractivity contribution in [2.75, 3.05) is 11.5 Å². The highest BCUT2D eigenvalue weighted by Gasteiger charge is 2.80. The van der Waals surface area contributed by atoms with Crippen molar-refractivity contribution in [2.45, 2.75) is 49.1 Å². The van der Waals surface area contributed by atoms with Crippen molar-refractivity contribution >= 4 is 17.5 Å². The van der Waals surface area contributed by atoms with Crippen molar-refractivity contribution in [3.8, 4) is 11.8 Å². The number of alkyl halides is 6. The first-order valence-corrected chi connectivity index (χ1v) is 11.9. The Hall–Kier alpha value is -3.67. The Labute approximate surface area is 222 Å². The van der Waals surface area contributed by atoms with E-state index in [4.69, 9.17) is 14.7 Å². The molecule has 2 aromatic carbocycles. The van der Waals surface area contributed by atoms with E-state index in [0.29, 0.717) is 11.0 Å². The van der Waals surface area contributed by atoms with Crippen LogP contribution in [0.3, 0.4) is 0 Å². The highest BCUT2D eigenvalue weighted by Crippen LogP contribution is 2.62. The van der Waals surface area contributed by atoms with E-state index in [1.54, 1.807) is 0 Å². The number of ether oxygens (including phenoxy) is 2. The highest BCUT2D eigenvalue weighted by molar-refractivity contribution is 6.23. The molecule has 2 amide bonds. The van der Waals surface area contributed by atoms with Gasteiger partial charge in [-0.25, -0.2) is 4.90 Å². The lowest BCUT2D eigenvalue weighted by atomic mass is 9.64. The number of carbonyl (C=O) groups is 2. The van der Waals surface area contributed by atoms with Crippen LogP contribution in [0.1, 0.15) is 30.0 Å². The van der Waals surface area contributed by atoms with Gasteiger partial charge in [0.2, 0.25) is 11.8 Å². The maximum atomic E-state index is 13.6. The smallest absolute Gasteiger partial charge is 0.417 e. The number of fused-ring (bicyclic) bond motifs is 5. The Kier molecular flexibility index (Phi) is 6.22. The molecule has 0 aliphatic carbocycles. The number of nitrogens with zero attached hydrogens (tertiary/aromatic N) is 2. The molecule has 0 aromatic heterocycles. The lowest BCUT2D eigenvalue weighted by molar-refractivity contribution is -0.139. The zero-order chi connectivity index (χ0) is 29.4. The van der Waals surface area contributed by atoms with Crippen LogP contribution in [0.25, 0.3) is 0 Å². The molecule has 2 bridgehead atoms. The standard InChI is InChI=1S/C26H20F6N2O6/c1-23-17-18(22(38)34(21(17)37)14-5-2-12(11-33)16(10-14)26(30,31)32)24(40-23,20(36)19(23)35)8-9-39-15-6-3-13(4-7-15)25(27,28)29/h2-7,10,17-20,35-36H,8-9H2,1H3/t17-,18+,19-,20+,23+,24-/m0/s1. The number of anilines is 1. The predicted molar refractivity (Wildman–Crippen MR) is 121 cm³/mol. The lowest BCUT2D eigenvalue weighted by Crippen LogP contribution is -2.58. The van der Waals surface area contributed by atoms with E-state index in [-0.39, 0.29) is 18.8 Å². The topological polar surface area (TPSA) is 120 Å². The van der Waals surface area contributed by atoms with Gasteiger partial charge in [-0.3, -0.25) is 9.59 Å². The molecule has 0 radical (unpaired) electrons. The SMILES string of the molecule is C[C@]12O[C@](CCOc3ccc(C(F)(F)F)cc3)([C@H](O)[C@@H]1O)[C@H]1C(=O)N(c3ccc(C#N)c(C(F)(F)F)c3)C(=O)[C@H]12. The van der Waals surface area contributed by atoms with Crippen molar-refractivity contribution in [2.24, 2.45) is 11.8 Å². The molecule has 2 aromatic rings. The summed E-state index contributed by atoms with van der Waals surface area (Å²) in [5, 5.41) is 30.8. The van der Waals surface area contributed by atoms with Crippen molar-refractivity contribution in [3.63, 3.8) is 0 Å². The Morgan fingerprint density at radius 3 is 2.17 bits per heavy atom. The first-order valence-electron chi connectivity index (χ1n) is 11.9. The van der Waals surface area contributed by atoms with Gasteiger partial charge in [-0.05, 0) is 49.4 Å². The molecule has 14 heteroatoms. The van der Waals surface area contributed by atoms with Gasteiger partial charge >= 0.3 is 12.4 Å². The first-order chi connectivity index (χ1) is 18.6. The fourth-order valence-electron chi connectivity index (χ4n) is 6.03. The van der Waals surface area contributed by atoms with Crippen LogP contribution in [0.2, 0.25) is 0 Å². The molecule has 3 heterocycles. The second kappa shape index (κ2) is 8.92. The first kappa shape index (κ1) is 27.9. The van der Waals surface area contributed by atoms with E-state index in [2.05, 4.69) is 0 Å². The molecule has 40 heavy (non-hydrogen) atoms. The molecule has 0 unspecified atom stereocenters. The number of aliphatic hydroxyl groups is 2. The minimum Gasteiger partial charge on any atom is -0.493 e. The lowest BCUT2D eigenvalue weighted by Gasteiger charge is -2.37. The Morgan fingerprint density at radius 2 is 1.60 bits per heavy atom. The van der Waals surface area contributed by atoms with E-state index < -0.39 is 81.8 Å². The molecule has 0 saturated carbocycles. The number of hydrogen-bond donors (Lipinski definition) is 2. The van der Waals surface area contributed by atoms with Crippen molar-refractivity contribution in [1.29, 1.82) is 5.26 Å². The highest BCUT2D eigenvalue weighted by atomic mass is 19.4. The molecule has 0 spiro atoms. The van der Waals surface area contributed by atoms with Crippen LogP contribution in [-0.2, 0) is 26.7 Å². The van der Waals surface area contributed by atoms with Crippen LogP contribution < -0.4 is 9.64 Å². The van der Waals surface area contributed by atoms with Crippen LogP contribution in [0, 0.1) is 23.2 Å². The van der Waals surface area contributed by atoms with E-state index >= 15 is 0 Å². The monoisotopic (exact) mass is 570 g/mol. The fraction of sp³-hybridized carbons (Fsp3) is 0.423. The molecule has 6 atom stereocenters. The Bertz CT molecular complexity index is 1420. The summed E-state index contributed by atoms with van der Waals surface area (Å²) in [6.45, 7) is 0.990.